The highest BCUT2D eigenvalue weighted by Crippen LogP contribution is 2.20. The number of hydrogen-bond acceptors (Lipinski definition) is 7. The van der Waals surface area contributed by atoms with E-state index < -0.39 is 0 Å². The van der Waals surface area contributed by atoms with Crippen molar-refractivity contribution in [3.05, 3.63) is 11.7 Å². The van der Waals surface area contributed by atoms with E-state index in [-0.39, 0.29) is 43.1 Å². The van der Waals surface area contributed by atoms with Gasteiger partial charge in [-0.05, 0) is 13.8 Å². The molecule has 2 saturated heterocycles. The summed E-state index contributed by atoms with van der Waals surface area (Å²) in [5.41, 5.74) is 0. The Kier molecular flexibility index (Phi) is 4.61. The molecule has 1 aromatic heterocycles. The minimum Gasteiger partial charge on any atom is -0.339 e. The van der Waals surface area contributed by atoms with E-state index in [1.54, 1.807) is 11.8 Å². The van der Waals surface area contributed by atoms with Crippen LogP contribution in [-0.4, -0.2) is 75.3 Å². The lowest BCUT2D eigenvalue weighted by Gasteiger charge is -2.37. The Labute approximate surface area is 139 Å². The zero-order chi connectivity index (χ0) is 17.3. The predicted octanol–water partition coefficient (Wildman–Crippen LogP) is -0.268. The van der Waals surface area contributed by atoms with E-state index in [9.17, 15) is 14.4 Å². The van der Waals surface area contributed by atoms with Gasteiger partial charge in [0.2, 0.25) is 23.6 Å². The quantitative estimate of drug-likeness (QED) is 0.698. The monoisotopic (exact) mass is 335 g/mol. The highest BCUT2D eigenvalue weighted by Gasteiger charge is 2.33. The number of aromatic nitrogens is 2. The summed E-state index contributed by atoms with van der Waals surface area (Å²) >= 11 is 0. The van der Waals surface area contributed by atoms with Gasteiger partial charge in [0.05, 0.1) is 6.04 Å². The van der Waals surface area contributed by atoms with Crippen LogP contribution in [0.2, 0.25) is 0 Å². The smallest absolute Gasteiger partial charge is 0.243 e. The van der Waals surface area contributed by atoms with Crippen LogP contribution in [-0.2, 0) is 14.4 Å². The average molecular weight is 335 g/mol. The first-order valence-corrected chi connectivity index (χ1v) is 8.11. The Morgan fingerprint density at radius 1 is 1.17 bits per heavy atom. The second-order valence-corrected chi connectivity index (χ2v) is 6.15. The van der Waals surface area contributed by atoms with Crippen molar-refractivity contribution in [2.45, 2.75) is 32.7 Å². The van der Waals surface area contributed by atoms with Gasteiger partial charge < -0.3 is 9.42 Å². The Morgan fingerprint density at radius 3 is 2.33 bits per heavy atom. The maximum Gasteiger partial charge on any atom is 0.243 e. The molecule has 0 aromatic carbocycles. The molecule has 2 aliphatic rings. The van der Waals surface area contributed by atoms with E-state index >= 15 is 0 Å². The molecular weight excluding hydrogens is 314 g/mol. The molecule has 1 unspecified atom stereocenters. The minimum atomic E-state index is -0.257. The van der Waals surface area contributed by atoms with Crippen LogP contribution < -0.4 is 0 Å². The lowest BCUT2D eigenvalue weighted by Crippen LogP contribution is -2.52. The maximum absolute atomic E-state index is 12.3. The number of likely N-dealkylation sites (tertiary alicyclic amines) is 1. The van der Waals surface area contributed by atoms with Crippen molar-refractivity contribution in [2.24, 2.45) is 0 Å². The van der Waals surface area contributed by atoms with E-state index in [4.69, 9.17) is 4.52 Å². The van der Waals surface area contributed by atoms with Crippen molar-refractivity contribution in [3.8, 4) is 0 Å². The van der Waals surface area contributed by atoms with Crippen molar-refractivity contribution in [2.75, 3.05) is 32.7 Å². The summed E-state index contributed by atoms with van der Waals surface area (Å²) < 4.78 is 5.20. The van der Waals surface area contributed by atoms with Crippen LogP contribution in [0.1, 0.15) is 37.5 Å². The molecule has 0 saturated carbocycles. The van der Waals surface area contributed by atoms with Gasteiger partial charge >= 0.3 is 0 Å². The molecule has 3 heterocycles. The van der Waals surface area contributed by atoms with Crippen LogP contribution in [0.4, 0.5) is 0 Å². The third kappa shape index (κ3) is 3.30. The van der Waals surface area contributed by atoms with E-state index in [2.05, 4.69) is 15.0 Å². The largest absolute Gasteiger partial charge is 0.339 e. The van der Waals surface area contributed by atoms with Crippen LogP contribution in [0.5, 0.6) is 0 Å². The summed E-state index contributed by atoms with van der Waals surface area (Å²) in [6, 6.07) is -0.00908. The van der Waals surface area contributed by atoms with Crippen LogP contribution in [0.15, 0.2) is 4.52 Å². The number of hydrogen-bond donors (Lipinski definition) is 0. The summed E-state index contributed by atoms with van der Waals surface area (Å²) in [5.74, 6) is 0.477. The number of rotatable bonds is 4. The molecule has 0 bridgehead atoms. The molecule has 3 amide bonds. The Hall–Kier alpha value is -2.29. The molecular formula is C15H21N5O4. The van der Waals surface area contributed by atoms with Crippen LogP contribution in [0.3, 0.4) is 0 Å². The summed E-state index contributed by atoms with van der Waals surface area (Å²) in [4.78, 5) is 44.7. The number of imide groups is 1. The first kappa shape index (κ1) is 16.6. The molecule has 0 radical (unpaired) electrons. The topological polar surface area (TPSA) is 99.9 Å². The standard InChI is InChI=1S/C15H21N5O4/c1-10(15-16-11(2)17-24-15)18-5-7-19(8-6-18)14(23)9-20-12(21)3-4-13(20)22/h10H,3-9H2,1-2H3. The van der Waals surface area contributed by atoms with Crippen molar-refractivity contribution in [3.63, 3.8) is 0 Å². The highest BCUT2D eigenvalue weighted by atomic mass is 16.5. The van der Waals surface area contributed by atoms with Gasteiger partial charge in [-0.1, -0.05) is 5.16 Å². The fraction of sp³-hybridized carbons (Fsp3) is 0.667. The van der Waals surface area contributed by atoms with Gasteiger partial charge in [-0.25, -0.2) is 0 Å². The van der Waals surface area contributed by atoms with Gasteiger partial charge in [0, 0.05) is 39.0 Å². The Morgan fingerprint density at radius 2 is 1.79 bits per heavy atom. The molecule has 1 aromatic rings. The second kappa shape index (κ2) is 6.68. The average Bonchev–Trinajstić information content (AvgIpc) is 3.15. The van der Waals surface area contributed by atoms with Crippen LogP contribution >= 0.6 is 0 Å². The fourth-order valence-corrected chi connectivity index (χ4v) is 3.03. The lowest BCUT2D eigenvalue weighted by molar-refractivity contribution is -0.146. The zero-order valence-electron chi connectivity index (χ0n) is 13.9. The number of amides is 3. The number of carbonyl (C=O) groups excluding carboxylic acids is 3. The van der Waals surface area contributed by atoms with Crippen LogP contribution in [0.25, 0.3) is 0 Å². The molecule has 2 aliphatic heterocycles. The highest BCUT2D eigenvalue weighted by molar-refractivity contribution is 6.04. The minimum absolute atomic E-state index is 0.00908. The first-order chi connectivity index (χ1) is 11.5. The van der Waals surface area contributed by atoms with E-state index in [0.29, 0.717) is 37.9 Å². The van der Waals surface area contributed by atoms with Crippen molar-refractivity contribution < 1.29 is 18.9 Å². The maximum atomic E-state index is 12.3. The van der Waals surface area contributed by atoms with E-state index in [1.807, 2.05) is 6.92 Å². The number of nitrogens with zero attached hydrogens (tertiary/aromatic N) is 5. The predicted molar refractivity (Wildman–Crippen MR) is 81.6 cm³/mol. The molecule has 130 valence electrons. The number of aryl methyl sites for hydroxylation is 1. The van der Waals surface area contributed by atoms with E-state index in [1.165, 1.54) is 0 Å². The van der Waals surface area contributed by atoms with Crippen LogP contribution in [0, 0.1) is 6.92 Å². The summed E-state index contributed by atoms with van der Waals surface area (Å²) in [6.07, 6.45) is 0.419. The van der Waals surface area contributed by atoms with Gasteiger partial charge in [-0.3, -0.25) is 24.2 Å². The number of carbonyl (C=O) groups is 3. The SMILES string of the molecule is Cc1noc(C(C)N2CCN(C(=O)CN3C(=O)CCC3=O)CC2)n1. The summed E-state index contributed by atoms with van der Waals surface area (Å²) in [6.45, 7) is 6.07. The summed E-state index contributed by atoms with van der Waals surface area (Å²) in [5, 5.41) is 3.80. The van der Waals surface area contributed by atoms with Crippen molar-refractivity contribution >= 4 is 17.7 Å². The normalized spacial score (nSPS) is 20.8. The van der Waals surface area contributed by atoms with E-state index in [0.717, 1.165) is 4.90 Å². The molecule has 0 spiro atoms. The summed E-state index contributed by atoms with van der Waals surface area (Å²) in [7, 11) is 0. The number of piperazine rings is 1. The van der Waals surface area contributed by atoms with Gasteiger partial charge in [0.25, 0.3) is 0 Å². The third-order valence-corrected chi connectivity index (χ3v) is 4.56. The molecule has 0 N–H and O–H groups in total. The lowest BCUT2D eigenvalue weighted by atomic mass is 10.2. The fourth-order valence-electron chi connectivity index (χ4n) is 3.03. The van der Waals surface area contributed by atoms with Gasteiger partial charge in [-0.15, -0.1) is 0 Å². The first-order valence-electron chi connectivity index (χ1n) is 8.11. The third-order valence-electron chi connectivity index (χ3n) is 4.56. The molecule has 1 atom stereocenters. The molecule has 9 nitrogen and oxygen atoms in total. The van der Waals surface area contributed by atoms with Crippen molar-refractivity contribution in [1.82, 2.24) is 24.8 Å². The molecule has 9 heteroatoms. The molecule has 0 aliphatic carbocycles. The Balaban J connectivity index is 1.52. The van der Waals surface area contributed by atoms with Crippen molar-refractivity contribution in [1.29, 1.82) is 0 Å². The van der Waals surface area contributed by atoms with Gasteiger partial charge in [-0.2, -0.15) is 4.98 Å². The van der Waals surface area contributed by atoms with Gasteiger partial charge in [0.1, 0.15) is 6.54 Å². The van der Waals surface area contributed by atoms with Gasteiger partial charge in [0.15, 0.2) is 5.82 Å². The second-order valence-electron chi connectivity index (χ2n) is 6.15. The molecule has 3 rings (SSSR count). The zero-order valence-corrected chi connectivity index (χ0v) is 13.9. The molecule has 2 fully saturated rings. The molecule has 24 heavy (non-hydrogen) atoms. The Bertz CT molecular complexity index is 634.